The van der Waals surface area contributed by atoms with Crippen molar-refractivity contribution >= 4 is 11.7 Å². The lowest BCUT2D eigenvalue weighted by atomic mass is 10.1. The molecule has 0 saturated heterocycles. The second-order valence-corrected chi connectivity index (χ2v) is 5.12. The first-order chi connectivity index (χ1) is 11.5. The van der Waals surface area contributed by atoms with E-state index in [1.165, 1.54) is 10.9 Å². The van der Waals surface area contributed by atoms with Crippen LogP contribution in [0, 0.1) is 17.5 Å². The molecule has 0 radical (unpaired) electrons. The topological polar surface area (TPSA) is 46.9 Å². The van der Waals surface area contributed by atoms with E-state index >= 15 is 0 Å². The van der Waals surface area contributed by atoms with Crippen LogP contribution in [0.3, 0.4) is 0 Å². The maximum atomic E-state index is 13.8. The molecule has 0 spiro atoms. The second-order valence-electron chi connectivity index (χ2n) is 5.12. The van der Waals surface area contributed by atoms with Crippen molar-refractivity contribution in [2.24, 2.45) is 7.05 Å². The summed E-state index contributed by atoms with van der Waals surface area (Å²) >= 11 is 0. The minimum atomic E-state index is -1.27. The van der Waals surface area contributed by atoms with Gasteiger partial charge in [0.1, 0.15) is 34.5 Å². The minimum absolute atomic E-state index is 0.273. The summed E-state index contributed by atoms with van der Waals surface area (Å²) in [7, 11) is 1.63. The summed E-state index contributed by atoms with van der Waals surface area (Å²) in [6.07, 6.45) is 1.47. The number of aromatic nitrogens is 2. The van der Waals surface area contributed by atoms with Crippen LogP contribution in [0.15, 0.2) is 48.8 Å². The fourth-order valence-corrected chi connectivity index (χ4v) is 2.31. The van der Waals surface area contributed by atoms with Gasteiger partial charge in [0.2, 0.25) is 0 Å². The number of carbonyl (C=O) groups excluding carboxylic acids is 1. The molecule has 0 atom stereocenters. The first-order valence-corrected chi connectivity index (χ1v) is 7.00. The molecule has 24 heavy (non-hydrogen) atoms. The van der Waals surface area contributed by atoms with E-state index in [2.05, 4.69) is 10.3 Å². The highest BCUT2D eigenvalue weighted by atomic mass is 19.1. The molecule has 0 aliphatic heterocycles. The summed E-state index contributed by atoms with van der Waals surface area (Å²) < 4.78 is 42.0. The van der Waals surface area contributed by atoms with E-state index in [4.69, 9.17) is 0 Å². The van der Waals surface area contributed by atoms with Crippen molar-refractivity contribution < 1.29 is 18.0 Å². The van der Waals surface area contributed by atoms with E-state index in [0.29, 0.717) is 17.8 Å². The molecule has 1 aromatic heterocycles. The third-order valence-corrected chi connectivity index (χ3v) is 3.45. The van der Waals surface area contributed by atoms with E-state index < -0.39 is 28.9 Å². The summed E-state index contributed by atoms with van der Waals surface area (Å²) in [5.41, 5.74) is 0.333. The zero-order valence-corrected chi connectivity index (χ0v) is 12.6. The summed E-state index contributed by atoms with van der Waals surface area (Å²) in [5, 5.41) is 2.43. The number of hydrogen-bond donors (Lipinski definition) is 1. The van der Waals surface area contributed by atoms with Gasteiger partial charge in [-0.25, -0.2) is 18.2 Å². The molecule has 1 amide bonds. The van der Waals surface area contributed by atoms with Crippen molar-refractivity contribution in [3.05, 3.63) is 71.8 Å². The predicted molar refractivity (Wildman–Crippen MR) is 82.9 cm³/mol. The highest BCUT2D eigenvalue weighted by Gasteiger charge is 2.22. The highest BCUT2D eigenvalue weighted by molar-refractivity contribution is 6.05. The largest absolute Gasteiger partial charge is 0.320 e. The quantitative estimate of drug-likeness (QED) is 0.794. The third-order valence-electron chi connectivity index (χ3n) is 3.45. The number of rotatable bonds is 3. The zero-order valence-electron chi connectivity index (χ0n) is 12.6. The number of anilines is 1. The number of benzene rings is 2. The van der Waals surface area contributed by atoms with Gasteiger partial charge in [0.25, 0.3) is 5.91 Å². The van der Waals surface area contributed by atoms with Crippen LogP contribution < -0.4 is 5.32 Å². The lowest BCUT2D eigenvalue weighted by Gasteiger charge is -2.10. The Morgan fingerprint density at radius 3 is 2.33 bits per heavy atom. The lowest BCUT2D eigenvalue weighted by molar-refractivity contribution is 0.101. The van der Waals surface area contributed by atoms with Gasteiger partial charge >= 0.3 is 0 Å². The maximum Gasteiger partial charge on any atom is 0.262 e. The van der Waals surface area contributed by atoms with Crippen LogP contribution in [0.1, 0.15) is 10.4 Å². The number of nitrogens with one attached hydrogen (secondary N) is 1. The molecule has 0 saturated carbocycles. The molecule has 2 aromatic carbocycles. The van der Waals surface area contributed by atoms with Crippen molar-refractivity contribution in [2.45, 2.75) is 0 Å². The molecule has 0 bridgehead atoms. The number of amides is 1. The Labute approximate surface area is 135 Å². The molecule has 0 unspecified atom stereocenters. The van der Waals surface area contributed by atoms with Gasteiger partial charge in [-0.3, -0.25) is 4.79 Å². The summed E-state index contributed by atoms with van der Waals surface area (Å²) in [6, 6.07) is 9.92. The molecule has 1 N–H and O–H groups in total. The minimum Gasteiger partial charge on any atom is -0.320 e. The Balaban J connectivity index is 1.98. The highest BCUT2D eigenvalue weighted by Crippen LogP contribution is 2.27. The Hall–Kier alpha value is -3.09. The SMILES string of the molecule is Cn1cnc(-c2ccccc2)c1NC(=O)c1c(F)cc(F)cc1F. The molecule has 0 aliphatic carbocycles. The van der Waals surface area contributed by atoms with Gasteiger partial charge < -0.3 is 9.88 Å². The Bertz CT molecular complexity index is 884. The predicted octanol–water partition coefficient (Wildman–Crippen LogP) is 3.76. The Morgan fingerprint density at radius 2 is 1.71 bits per heavy atom. The normalized spacial score (nSPS) is 10.7. The third kappa shape index (κ3) is 2.88. The van der Waals surface area contributed by atoms with Crippen molar-refractivity contribution in [3.8, 4) is 11.3 Å². The van der Waals surface area contributed by atoms with Gasteiger partial charge in [0, 0.05) is 24.7 Å². The smallest absolute Gasteiger partial charge is 0.262 e. The molecule has 0 aliphatic rings. The summed E-state index contributed by atoms with van der Waals surface area (Å²) in [4.78, 5) is 16.4. The van der Waals surface area contributed by atoms with Gasteiger partial charge in [-0.2, -0.15) is 0 Å². The number of carbonyl (C=O) groups is 1. The molecular formula is C17H12F3N3O. The summed E-state index contributed by atoms with van der Waals surface area (Å²) in [6.45, 7) is 0. The molecular weight excluding hydrogens is 319 g/mol. The molecule has 3 aromatic rings. The average Bonchev–Trinajstić information content (AvgIpc) is 2.88. The number of aryl methyl sites for hydroxylation is 1. The van der Waals surface area contributed by atoms with Crippen LogP contribution in [0.2, 0.25) is 0 Å². The van der Waals surface area contributed by atoms with Crippen LogP contribution >= 0.6 is 0 Å². The molecule has 3 rings (SSSR count). The van der Waals surface area contributed by atoms with Crippen LogP contribution in [0.4, 0.5) is 19.0 Å². The van der Waals surface area contributed by atoms with Crippen molar-refractivity contribution in [3.63, 3.8) is 0 Å². The molecule has 122 valence electrons. The van der Waals surface area contributed by atoms with E-state index in [1.54, 1.807) is 31.3 Å². The average molecular weight is 331 g/mol. The molecule has 0 fully saturated rings. The molecule has 7 heteroatoms. The van der Waals surface area contributed by atoms with Crippen molar-refractivity contribution in [1.29, 1.82) is 0 Å². The standard InChI is InChI=1S/C17H12F3N3O/c1-23-9-21-15(10-5-3-2-4-6-10)16(23)22-17(24)14-12(19)7-11(18)8-13(14)20/h2-9H,1H3,(H,22,24). The van der Waals surface area contributed by atoms with Crippen LogP contribution in [-0.2, 0) is 7.05 Å². The van der Waals surface area contributed by atoms with E-state index in [0.717, 1.165) is 5.56 Å². The second kappa shape index (κ2) is 6.19. The summed E-state index contributed by atoms with van der Waals surface area (Å²) in [5.74, 6) is -4.38. The lowest BCUT2D eigenvalue weighted by Crippen LogP contribution is -2.18. The maximum absolute atomic E-state index is 13.8. The van der Waals surface area contributed by atoms with Gasteiger partial charge in [-0.1, -0.05) is 30.3 Å². The molecule has 4 nitrogen and oxygen atoms in total. The van der Waals surface area contributed by atoms with Gasteiger partial charge in [-0.05, 0) is 0 Å². The fraction of sp³-hybridized carbons (Fsp3) is 0.0588. The van der Waals surface area contributed by atoms with Crippen LogP contribution in [0.5, 0.6) is 0 Å². The number of imidazole rings is 1. The van der Waals surface area contributed by atoms with E-state index in [-0.39, 0.29) is 5.82 Å². The van der Waals surface area contributed by atoms with E-state index in [9.17, 15) is 18.0 Å². The van der Waals surface area contributed by atoms with E-state index in [1.807, 2.05) is 6.07 Å². The Kier molecular flexibility index (Phi) is 4.07. The zero-order chi connectivity index (χ0) is 17.3. The van der Waals surface area contributed by atoms with Gasteiger partial charge in [0.15, 0.2) is 0 Å². The fourth-order valence-electron chi connectivity index (χ4n) is 2.31. The first kappa shape index (κ1) is 15.8. The van der Waals surface area contributed by atoms with Crippen LogP contribution in [-0.4, -0.2) is 15.5 Å². The van der Waals surface area contributed by atoms with Crippen molar-refractivity contribution in [2.75, 3.05) is 5.32 Å². The molecule has 1 heterocycles. The first-order valence-electron chi connectivity index (χ1n) is 7.00. The number of hydrogen-bond acceptors (Lipinski definition) is 2. The van der Waals surface area contributed by atoms with Crippen LogP contribution in [0.25, 0.3) is 11.3 Å². The monoisotopic (exact) mass is 331 g/mol. The van der Waals surface area contributed by atoms with Gasteiger partial charge in [-0.15, -0.1) is 0 Å². The van der Waals surface area contributed by atoms with Gasteiger partial charge in [0.05, 0.1) is 6.33 Å². The number of nitrogens with zero attached hydrogens (tertiary/aromatic N) is 2. The van der Waals surface area contributed by atoms with Crippen molar-refractivity contribution in [1.82, 2.24) is 9.55 Å². The Morgan fingerprint density at radius 1 is 1.08 bits per heavy atom. The number of halogens is 3.